The summed E-state index contributed by atoms with van der Waals surface area (Å²) in [5, 5.41) is 0. The summed E-state index contributed by atoms with van der Waals surface area (Å²) >= 11 is 0. The average Bonchev–Trinajstić information content (AvgIpc) is 2.02. The van der Waals surface area contributed by atoms with Gasteiger partial charge in [0.15, 0.2) is 0 Å². The molecule has 2 N–H and O–H groups in total. The number of halogens is 2. The highest BCUT2D eigenvalue weighted by atomic mass is 19.3. The zero-order valence-electron chi connectivity index (χ0n) is 7.65. The molecule has 0 fully saturated rings. The van der Waals surface area contributed by atoms with Gasteiger partial charge in [0, 0.05) is 0 Å². The molecule has 0 spiro atoms. The van der Waals surface area contributed by atoms with Crippen LogP contribution in [0.1, 0.15) is 26.7 Å². The summed E-state index contributed by atoms with van der Waals surface area (Å²) in [5.74, 6) is -2.87. The smallest absolute Gasteiger partial charge is 0.282 e. The zero-order chi connectivity index (χ0) is 9.61. The molecular formula is C8H17F2NO. The Morgan fingerprint density at radius 3 is 2.50 bits per heavy atom. The number of hydrogen-bond acceptors (Lipinski definition) is 2. The number of rotatable bonds is 6. The van der Waals surface area contributed by atoms with Crippen LogP contribution in [0.15, 0.2) is 0 Å². The van der Waals surface area contributed by atoms with Crippen molar-refractivity contribution in [3.05, 3.63) is 0 Å². The van der Waals surface area contributed by atoms with E-state index in [1.807, 2.05) is 6.92 Å². The van der Waals surface area contributed by atoms with Gasteiger partial charge in [-0.2, -0.15) is 0 Å². The van der Waals surface area contributed by atoms with E-state index in [2.05, 4.69) is 0 Å². The molecule has 4 heteroatoms. The van der Waals surface area contributed by atoms with Crippen LogP contribution in [0.5, 0.6) is 0 Å². The van der Waals surface area contributed by atoms with E-state index in [0.717, 1.165) is 12.8 Å². The van der Waals surface area contributed by atoms with Crippen LogP contribution in [-0.2, 0) is 4.74 Å². The van der Waals surface area contributed by atoms with Crippen LogP contribution in [0.25, 0.3) is 0 Å². The van der Waals surface area contributed by atoms with E-state index in [9.17, 15) is 8.78 Å². The molecule has 74 valence electrons. The maximum atomic E-state index is 12.5. The molecule has 0 aliphatic carbocycles. The van der Waals surface area contributed by atoms with Crippen LogP contribution >= 0.6 is 0 Å². The molecule has 0 aliphatic heterocycles. The topological polar surface area (TPSA) is 35.2 Å². The summed E-state index contributed by atoms with van der Waals surface area (Å²) in [6, 6.07) is 0. The number of hydrogen-bond donors (Lipinski definition) is 1. The lowest BCUT2D eigenvalue weighted by Gasteiger charge is -2.17. The highest BCUT2D eigenvalue weighted by molar-refractivity contribution is 4.66. The molecule has 0 saturated carbocycles. The number of alkyl halides is 2. The van der Waals surface area contributed by atoms with Gasteiger partial charge in [-0.1, -0.05) is 13.3 Å². The van der Waals surface area contributed by atoms with Gasteiger partial charge in [-0.15, -0.1) is 0 Å². The second-order valence-corrected chi connectivity index (χ2v) is 2.97. The van der Waals surface area contributed by atoms with Crippen LogP contribution in [0.2, 0.25) is 0 Å². The van der Waals surface area contributed by atoms with E-state index >= 15 is 0 Å². The molecule has 0 radical (unpaired) electrons. The third-order valence-corrected chi connectivity index (χ3v) is 1.57. The largest absolute Gasteiger partial charge is 0.372 e. The van der Waals surface area contributed by atoms with Crippen LogP contribution in [0.4, 0.5) is 8.78 Å². The quantitative estimate of drug-likeness (QED) is 0.678. The SMILES string of the molecule is CCCC(C)OCC(F)(F)CN. The van der Waals surface area contributed by atoms with Crippen molar-refractivity contribution in [2.24, 2.45) is 5.73 Å². The fourth-order valence-corrected chi connectivity index (χ4v) is 0.813. The molecule has 2 nitrogen and oxygen atoms in total. The molecule has 0 aliphatic rings. The molecule has 1 unspecified atom stereocenters. The normalized spacial score (nSPS) is 14.8. The monoisotopic (exact) mass is 181 g/mol. The molecule has 0 aromatic rings. The lowest BCUT2D eigenvalue weighted by atomic mass is 10.2. The lowest BCUT2D eigenvalue weighted by molar-refractivity contribution is -0.0903. The Balaban J connectivity index is 3.52. The summed E-state index contributed by atoms with van der Waals surface area (Å²) in [6.45, 7) is 2.56. The molecule has 0 aromatic heterocycles. The molecule has 0 aromatic carbocycles. The Bertz CT molecular complexity index is 120. The maximum absolute atomic E-state index is 12.5. The minimum atomic E-state index is -2.87. The maximum Gasteiger partial charge on any atom is 0.282 e. The van der Waals surface area contributed by atoms with Crippen LogP contribution in [0.3, 0.4) is 0 Å². The first-order valence-corrected chi connectivity index (χ1v) is 4.21. The molecule has 0 heterocycles. The van der Waals surface area contributed by atoms with Crippen molar-refractivity contribution in [3.8, 4) is 0 Å². The zero-order valence-corrected chi connectivity index (χ0v) is 7.65. The van der Waals surface area contributed by atoms with E-state index in [-0.39, 0.29) is 6.10 Å². The van der Waals surface area contributed by atoms with Gasteiger partial charge in [-0.25, -0.2) is 8.78 Å². The van der Waals surface area contributed by atoms with Gasteiger partial charge in [-0.3, -0.25) is 0 Å². The van der Waals surface area contributed by atoms with Gasteiger partial charge in [0.2, 0.25) is 0 Å². The molecular weight excluding hydrogens is 164 g/mol. The molecule has 0 saturated heterocycles. The van der Waals surface area contributed by atoms with Gasteiger partial charge >= 0.3 is 0 Å². The summed E-state index contributed by atoms with van der Waals surface area (Å²) in [7, 11) is 0. The predicted molar refractivity (Wildman–Crippen MR) is 44.3 cm³/mol. The van der Waals surface area contributed by atoms with Crippen LogP contribution < -0.4 is 5.73 Å². The Kier molecular flexibility index (Phi) is 5.33. The van der Waals surface area contributed by atoms with Crippen molar-refractivity contribution in [2.75, 3.05) is 13.2 Å². The Labute approximate surface area is 72.1 Å². The third-order valence-electron chi connectivity index (χ3n) is 1.57. The predicted octanol–water partition coefficient (Wildman–Crippen LogP) is 1.79. The van der Waals surface area contributed by atoms with Gasteiger partial charge < -0.3 is 10.5 Å². The fourth-order valence-electron chi connectivity index (χ4n) is 0.813. The van der Waals surface area contributed by atoms with E-state index < -0.39 is 19.1 Å². The Hall–Kier alpha value is -0.220. The number of nitrogens with two attached hydrogens (primary N) is 1. The second-order valence-electron chi connectivity index (χ2n) is 2.97. The second kappa shape index (κ2) is 5.43. The molecule has 0 rings (SSSR count). The lowest BCUT2D eigenvalue weighted by Crippen LogP contribution is -2.34. The van der Waals surface area contributed by atoms with Gasteiger partial charge in [0.1, 0.15) is 6.61 Å². The van der Waals surface area contributed by atoms with E-state index in [4.69, 9.17) is 10.5 Å². The first-order valence-electron chi connectivity index (χ1n) is 4.21. The summed E-state index contributed by atoms with van der Waals surface area (Å²) in [5.41, 5.74) is 4.84. The first kappa shape index (κ1) is 11.8. The van der Waals surface area contributed by atoms with E-state index in [1.54, 1.807) is 6.92 Å². The Morgan fingerprint density at radius 2 is 2.08 bits per heavy atom. The first-order chi connectivity index (χ1) is 5.52. The standard InChI is InChI=1S/C8H17F2NO/c1-3-4-7(2)12-6-8(9,10)5-11/h7H,3-6,11H2,1-2H3. The summed E-state index contributed by atoms with van der Waals surface area (Å²) in [6.07, 6.45) is 1.64. The van der Waals surface area contributed by atoms with Crippen LogP contribution in [-0.4, -0.2) is 25.2 Å². The van der Waals surface area contributed by atoms with Crippen molar-refractivity contribution in [3.63, 3.8) is 0 Å². The van der Waals surface area contributed by atoms with Crippen molar-refractivity contribution in [2.45, 2.75) is 38.7 Å². The summed E-state index contributed by atoms with van der Waals surface area (Å²) in [4.78, 5) is 0. The summed E-state index contributed by atoms with van der Waals surface area (Å²) < 4.78 is 29.9. The highest BCUT2D eigenvalue weighted by Gasteiger charge is 2.27. The van der Waals surface area contributed by atoms with Crippen molar-refractivity contribution in [1.29, 1.82) is 0 Å². The third kappa shape index (κ3) is 5.43. The molecule has 0 bridgehead atoms. The van der Waals surface area contributed by atoms with Crippen molar-refractivity contribution in [1.82, 2.24) is 0 Å². The van der Waals surface area contributed by atoms with Gasteiger partial charge in [-0.05, 0) is 13.3 Å². The molecule has 0 amide bonds. The van der Waals surface area contributed by atoms with Crippen LogP contribution in [0, 0.1) is 0 Å². The van der Waals surface area contributed by atoms with Gasteiger partial charge in [0.25, 0.3) is 5.92 Å². The average molecular weight is 181 g/mol. The molecule has 1 atom stereocenters. The molecule has 12 heavy (non-hydrogen) atoms. The van der Waals surface area contributed by atoms with Crippen molar-refractivity contribution >= 4 is 0 Å². The van der Waals surface area contributed by atoms with E-state index in [0.29, 0.717) is 0 Å². The van der Waals surface area contributed by atoms with E-state index in [1.165, 1.54) is 0 Å². The Morgan fingerprint density at radius 1 is 1.50 bits per heavy atom. The fraction of sp³-hybridized carbons (Fsp3) is 1.00. The minimum Gasteiger partial charge on any atom is -0.372 e. The number of ether oxygens (including phenoxy) is 1. The minimum absolute atomic E-state index is 0.104. The van der Waals surface area contributed by atoms with Gasteiger partial charge in [0.05, 0.1) is 12.6 Å². The van der Waals surface area contributed by atoms with Crippen molar-refractivity contribution < 1.29 is 13.5 Å². The highest BCUT2D eigenvalue weighted by Crippen LogP contribution is 2.13.